The fraction of sp³-hybridized carbons (Fsp3) is 0.400. The zero-order chi connectivity index (χ0) is 16.0. The lowest BCUT2D eigenvalue weighted by atomic mass is 9.87. The van der Waals surface area contributed by atoms with Crippen molar-refractivity contribution in [1.82, 2.24) is 10.2 Å². The van der Waals surface area contributed by atoms with Crippen molar-refractivity contribution < 1.29 is 4.39 Å². The van der Waals surface area contributed by atoms with Gasteiger partial charge in [-0.1, -0.05) is 30.3 Å². The monoisotopic (exact) mass is 310 g/mol. The molecule has 0 saturated carbocycles. The molecule has 2 aromatic rings. The van der Waals surface area contributed by atoms with Crippen LogP contribution in [-0.4, -0.2) is 31.6 Å². The number of hydrogen-bond acceptors (Lipinski definition) is 2. The molecule has 1 aliphatic carbocycles. The summed E-state index contributed by atoms with van der Waals surface area (Å²) in [6, 6.07) is 14.7. The summed E-state index contributed by atoms with van der Waals surface area (Å²) in [6.07, 6.45) is 2.01. The summed E-state index contributed by atoms with van der Waals surface area (Å²) in [4.78, 5) is 2.22. The van der Waals surface area contributed by atoms with Crippen molar-refractivity contribution in [3.05, 3.63) is 70.5 Å². The van der Waals surface area contributed by atoms with E-state index in [9.17, 15) is 4.39 Å². The van der Waals surface area contributed by atoms with Crippen molar-refractivity contribution >= 4 is 0 Å². The predicted molar refractivity (Wildman–Crippen MR) is 91.2 cm³/mol. The zero-order valence-electron chi connectivity index (χ0n) is 13.7. The van der Waals surface area contributed by atoms with Gasteiger partial charge in [-0.2, -0.15) is 0 Å². The molecule has 1 aliphatic heterocycles. The molecule has 1 fully saturated rings. The van der Waals surface area contributed by atoms with Gasteiger partial charge in [0.1, 0.15) is 5.82 Å². The quantitative estimate of drug-likeness (QED) is 0.913. The molecule has 0 amide bonds. The van der Waals surface area contributed by atoms with Crippen LogP contribution in [0.5, 0.6) is 0 Å². The third-order valence-corrected chi connectivity index (χ3v) is 5.22. The minimum Gasteiger partial charge on any atom is -0.308 e. The van der Waals surface area contributed by atoms with Gasteiger partial charge >= 0.3 is 0 Å². The Kier molecular flexibility index (Phi) is 3.70. The van der Waals surface area contributed by atoms with Crippen LogP contribution in [0.15, 0.2) is 42.5 Å². The molecule has 3 atom stereocenters. The van der Waals surface area contributed by atoms with Crippen LogP contribution in [0.3, 0.4) is 0 Å². The Morgan fingerprint density at radius 1 is 1.09 bits per heavy atom. The van der Waals surface area contributed by atoms with Crippen LogP contribution >= 0.6 is 0 Å². The van der Waals surface area contributed by atoms with E-state index in [1.165, 1.54) is 16.7 Å². The fourth-order valence-corrected chi connectivity index (χ4v) is 4.34. The normalized spacial score (nSPS) is 25.7. The number of rotatable bonds is 2. The third-order valence-electron chi connectivity index (χ3n) is 5.22. The molecule has 23 heavy (non-hydrogen) atoms. The predicted octanol–water partition coefficient (Wildman–Crippen LogP) is 3.48. The van der Waals surface area contributed by atoms with Gasteiger partial charge < -0.3 is 10.2 Å². The topological polar surface area (TPSA) is 15.3 Å². The Labute approximate surface area is 137 Å². The molecule has 0 aromatic heterocycles. The van der Waals surface area contributed by atoms with E-state index in [2.05, 4.69) is 48.6 Å². The maximum absolute atomic E-state index is 13.9. The van der Waals surface area contributed by atoms with Crippen LogP contribution < -0.4 is 5.32 Å². The maximum atomic E-state index is 13.9. The van der Waals surface area contributed by atoms with Gasteiger partial charge in [0.25, 0.3) is 0 Å². The van der Waals surface area contributed by atoms with Crippen LogP contribution in [0.25, 0.3) is 0 Å². The summed E-state index contributed by atoms with van der Waals surface area (Å²) in [7, 11) is 4.22. The first kappa shape index (κ1) is 14.9. The Hall–Kier alpha value is -1.71. The van der Waals surface area contributed by atoms with Crippen molar-refractivity contribution in [3.63, 3.8) is 0 Å². The summed E-state index contributed by atoms with van der Waals surface area (Å²) < 4.78 is 13.9. The zero-order valence-corrected chi connectivity index (χ0v) is 13.7. The lowest BCUT2D eigenvalue weighted by molar-refractivity contribution is 0.351. The summed E-state index contributed by atoms with van der Waals surface area (Å²) in [6.45, 7) is 1.01. The van der Waals surface area contributed by atoms with E-state index >= 15 is 0 Å². The number of nitrogens with one attached hydrogen (secondary N) is 1. The third kappa shape index (κ3) is 2.68. The van der Waals surface area contributed by atoms with Crippen molar-refractivity contribution in [2.24, 2.45) is 0 Å². The van der Waals surface area contributed by atoms with Gasteiger partial charge in [-0.15, -0.1) is 0 Å². The maximum Gasteiger partial charge on any atom is 0.123 e. The van der Waals surface area contributed by atoms with Crippen molar-refractivity contribution in [2.75, 3.05) is 20.6 Å². The van der Waals surface area contributed by atoms with E-state index < -0.39 is 0 Å². The first-order valence-corrected chi connectivity index (χ1v) is 8.38. The molecule has 2 nitrogen and oxygen atoms in total. The average molecular weight is 310 g/mol. The van der Waals surface area contributed by atoms with Gasteiger partial charge in [-0.3, -0.25) is 0 Å². The van der Waals surface area contributed by atoms with E-state index in [4.69, 9.17) is 0 Å². The molecule has 0 radical (unpaired) electrons. The van der Waals surface area contributed by atoms with Gasteiger partial charge in [0.15, 0.2) is 0 Å². The number of likely N-dealkylation sites (N-methyl/N-ethyl adjacent to an activating group) is 1. The molecule has 2 aromatic carbocycles. The van der Waals surface area contributed by atoms with Gasteiger partial charge in [0.2, 0.25) is 0 Å². The largest absolute Gasteiger partial charge is 0.308 e. The summed E-state index contributed by atoms with van der Waals surface area (Å²) >= 11 is 0. The SMILES string of the molecule is CN(C)C[C@H]1C[C@@H]2c3ccccc3Cc3ccc(F)cc3[C@H]2N1. The number of nitrogens with zero attached hydrogens (tertiary/aromatic N) is 1. The Morgan fingerprint density at radius 2 is 1.87 bits per heavy atom. The first-order chi connectivity index (χ1) is 11.1. The van der Waals surface area contributed by atoms with E-state index in [1.807, 2.05) is 6.07 Å². The molecule has 3 heteroatoms. The van der Waals surface area contributed by atoms with Gasteiger partial charge in [0.05, 0.1) is 0 Å². The Bertz CT molecular complexity index is 725. The van der Waals surface area contributed by atoms with Crippen molar-refractivity contribution in [2.45, 2.75) is 30.8 Å². The standard InChI is InChI=1S/C20H23FN2/c1-23(2)12-16-11-19-17-6-4-3-5-13(17)9-14-7-8-15(21)10-18(14)20(19)22-16/h3-8,10,16,19-20,22H,9,11-12H2,1-2H3/t16-,19-,20-/m1/s1. The van der Waals surface area contributed by atoms with Crippen molar-refractivity contribution in [3.8, 4) is 0 Å². The molecule has 1 saturated heterocycles. The van der Waals surface area contributed by atoms with E-state index in [-0.39, 0.29) is 11.9 Å². The molecular weight excluding hydrogens is 287 g/mol. The van der Waals surface area contributed by atoms with Crippen LogP contribution in [0.4, 0.5) is 4.39 Å². The lowest BCUT2D eigenvalue weighted by Gasteiger charge is -2.21. The van der Waals surface area contributed by atoms with Crippen molar-refractivity contribution in [1.29, 1.82) is 0 Å². The van der Waals surface area contributed by atoms with Crippen LogP contribution in [-0.2, 0) is 6.42 Å². The average Bonchev–Trinajstić information content (AvgIpc) is 2.87. The minimum absolute atomic E-state index is 0.133. The molecule has 1 heterocycles. The fourth-order valence-electron chi connectivity index (χ4n) is 4.34. The number of hydrogen-bond donors (Lipinski definition) is 1. The summed E-state index contributed by atoms with van der Waals surface area (Å²) in [5.74, 6) is 0.297. The highest BCUT2D eigenvalue weighted by Crippen LogP contribution is 2.45. The van der Waals surface area contributed by atoms with Crippen LogP contribution in [0.2, 0.25) is 0 Å². The summed E-state index contributed by atoms with van der Waals surface area (Å²) in [5.41, 5.74) is 5.22. The minimum atomic E-state index is -0.133. The number of benzene rings is 2. The molecule has 0 bridgehead atoms. The lowest BCUT2D eigenvalue weighted by Crippen LogP contribution is -2.34. The smallest absolute Gasteiger partial charge is 0.123 e. The second-order valence-corrected chi connectivity index (χ2v) is 7.16. The highest BCUT2D eigenvalue weighted by molar-refractivity contribution is 5.46. The Morgan fingerprint density at radius 3 is 2.70 bits per heavy atom. The number of halogens is 1. The van der Waals surface area contributed by atoms with Crippen LogP contribution in [0, 0.1) is 5.82 Å². The van der Waals surface area contributed by atoms with Gasteiger partial charge in [-0.25, -0.2) is 4.39 Å². The molecule has 0 spiro atoms. The molecular formula is C20H23FN2. The highest BCUT2D eigenvalue weighted by atomic mass is 19.1. The first-order valence-electron chi connectivity index (χ1n) is 8.38. The van der Waals surface area contributed by atoms with Gasteiger partial charge in [0, 0.05) is 24.5 Å². The molecule has 120 valence electrons. The Balaban J connectivity index is 1.80. The second kappa shape index (κ2) is 5.73. The molecule has 2 aliphatic rings. The second-order valence-electron chi connectivity index (χ2n) is 7.16. The van der Waals surface area contributed by atoms with Gasteiger partial charge in [-0.05, 0) is 61.3 Å². The summed E-state index contributed by atoms with van der Waals surface area (Å²) in [5, 5.41) is 3.78. The molecule has 1 N–H and O–H groups in total. The number of fused-ring (bicyclic) bond motifs is 5. The van der Waals surface area contributed by atoms with E-state index in [0.717, 1.165) is 24.9 Å². The van der Waals surface area contributed by atoms with E-state index in [0.29, 0.717) is 12.0 Å². The highest BCUT2D eigenvalue weighted by Gasteiger charge is 2.39. The van der Waals surface area contributed by atoms with Crippen LogP contribution in [0.1, 0.15) is 40.6 Å². The molecule has 4 rings (SSSR count). The van der Waals surface area contributed by atoms with E-state index in [1.54, 1.807) is 12.1 Å². The molecule has 0 unspecified atom stereocenters.